The Hall–Kier alpha value is -2.75. The molecule has 0 atom stereocenters. The van der Waals surface area contributed by atoms with Gasteiger partial charge in [0.05, 0.1) is 23.6 Å². The van der Waals surface area contributed by atoms with Crippen LogP contribution in [-0.4, -0.2) is 27.0 Å². The van der Waals surface area contributed by atoms with Gasteiger partial charge >= 0.3 is 0 Å². The maximum Gasteiger partial charge on any atom is 0.217 e. The van der Waals surface area contributed by atoms with Crippen molar-refractivity contribution in [1.29, 1.82) is 0 Å². The van der Waals surface area contributed by atoms with Crippen molar-refractivity contribution >= 4 is 16.8 Å². The van der Waals surface area contributed by atoms with Gasteiger partial charge < -0.3 is 9.88 Å². The molecule has 6 nitrogen and oxygen atoms in total. The lowest BCUT2D eigenvalue weighted by atomic mass is 10.2. The van der Waals surface area contributed by atoms with E-state index >= 15 is 0 Å². The molecule has 0 fully saturated rings. The molecule has 0 aromatic carbocycles. The van der Waals surface area contributed by atoms with Crippen LogP contribution < -0.4 is 10.8 Å². The zero-order chi connectivity index (χ0) is 15.4. The summed E-state index contributed by atoms with van der Waals surface area (Å²) in [5.41, 5.74) is 1.18. The SMILES string of the molecule is CC(=O)NCC#Cc1cc2/c(=N/F)nc(C)n(C)c2cn1. The topological polar surface area (TPSA) is 72.2 Å². The summed E-state index contributed by atoms with van der Waals surface area (Å²) in [5.74, 6) is 6.04. The van der Waals surface area contributed by atoms with Crippen LogP contribution in [0.1, 0.15) is 18.4 Å². The summed E-state index contributed by atoms with van der Waals surface area (Å²) < 4.78 is 14.5. The second-order valence-electron chi connectivity index (χ2n) is 4.42. The van der Waals surface area contributed by atoms with Crippen molar-refractivity contribution in [2.75, 3.05) is 6.54 Å². The van der Waals surface area contributed by atoms with Crippen molar-refractivity contribution < 1.29 is 9.28 Å². The lowest BCUT2D eigenvalue weighted by Gasteiger charge is -2.08. The van der Waals surface area contributed by atoms with Gasteiger partial charge in [-0.15, -0.1) is 0 Å². The minimum absolute atomic E-state index is 0.00732. The molecule has 0 aliphatic rings. The molecule has 1 N–H and O–H groups in total. The average molecular weight is 287 g/mol. The van der Waals surface area contributed by atoms with Gasteiger partial charge in [0.2, 0.25) is 5.91 Å². The zero-order valence-corrected chi connectivity index (χ0v) is 11.9. The van der Waals surface area contributed by atoms with Crippen molar-refractivity contribution in [3.05, 3.63) is 29.3 Å². The number of rotatable bonds is 1. The first-order valence-electron chi connectivity index (χ1n) is 6.24. The van der Waals surface area contributed by atoms with Crippen molar-refractivity contribution in [2.24, 2.45) is 12.3 Å². The van der Waals surface area contributed by atoms with E-state index in [-0.39, 0.29) is 17.9 Å². The summed E-state index contributed by atoms with van der Waals surface area (Å²) >= 11 is 0. The van der Waals surface area contributed by atoms with E-state index in [2.05, 4.69) is 32.3 Å². The van der Waals surface area contributed by atoms with Crippen LogP contribution in [0.5, 0.6) is 0 Å². The predicted molar refractivity (Wildman–Crippen MR) is 75.5 cm³/mol. The zero-order valence-electron chi connectivity index (χ0n) is 11.9. The highest BCUT2D eigenvalue weighted by Crippen LogP contribution is 2.09. The molecule has 0 spiro atoms. The molecule has 2 rings (SSSR count). The molecule has 2 aromatic heterocycles. The minimum Gasteiger partial charge on any atom is -0.345 e. The summed E-state index contributed by atoms with van der Waals surface area (Å²) in [6.45, 7) is 3.41. The molecule has 1 amide bonds. The Labute approximate surface area is 120 Å². The predicted octanol–water partition coefficient (Wildman–Crippen LogP) is 0.550. The second-order valence-corrected chi connectivity index (χ2v) is 4.42. The van der Waals surface area contributed by atoms with Crippen LogP contribution in [0.3, 0.4) is 0 Å². The van der Waals surface area contributed by atoms with Crippen molar-refractivity contribution in [1.82, 2.24) is 19.9 Å². The fourth-order valence-corrected chi connectivity index (χ4v) is 1.79. The van der Waals surface area contributed by atoms with Gasteiger partial charge in [-0.05, 0) is 18.9 Å². The molecule has 2 aromatic rings. The number of fused-ring (bicyclic) bond motifs is 1. The maximum atomic E-state index is 12.7. The molecule has 0 unspecified atom stereocenters. The molecule has 0 radical (unpaired) electrons. The summed E-state index contributed by atoms with van der Waals surface area (Å²) in [6.07, 6.45) is 1.60. The molecule has 7 heteroatoms. The number of hydrogen-bond donors (Lipinski definition) is 1. The lowest BCUT2D eigenvalue weighted by Crippen LogP contribution is -2.19. The molecule has 0 saturated carbocycles. The number of amides is 1. The summed E-state index contributed by atoms with van der Waals surface area (Å²) in [5, 5.41) is 5.79. The monoisotopic (exact) mass is 287 g/mol. The van der Waals surface area contributed by atoms with Gasteiger partial charge in [0.1, 0.15) is 11.5 Å². The van der Waals surface area contributed by atoms with E-state index in [1.54, 1.807) is 23.8 Å². The normalized spacial score (nSPS) is 11.1. The Kier molecular flexibility index (Phi) is 4.28. The van der Waals surface area contributed by atoms with Gasteiger partial charge in [0.25, 0.3) is 0 Å². The fraction of sp³-hybridized carbons (Fsp3) is 0.286. The van der Waals surface area contributed by atoms with E-state index in [4.69, 9.17) is 0 Å². The molecule has 108 valence electrons. The molecular weight excluding hydrogens is 273 g/mol. The van der Waals surface area contributed by atoms with Crippen LogP contribution >= 0.6 is 0 Å². The highest BCUT2D eigenvalue weighted by Gasteiger charge is 2.05. The standard InChI is InChI=1S/C14H14FN5O/c1-9-18-14(19-15)12-7-11(5-4-6-16-10(2)21)17-8-13(12)20(9)3/h7-8H,6H2,1-3H3,(H,16,21)/b19-14-. The quantitative estimate of drug-likeness (QED) is 0.779. The summed E-state index contributed by atoms with van der Waals surface area (Å²) in [7, 11) is 1.82. The highest BCUT2D eigenvalue weighted by atomic mass is 19.2. The Bertz CT molecular complexity index is 829. The van der Waals surface area contributed by atoms with Crippen molar-refractivity contribution in [3.63, 3.8) is 0 Å². The van der Waals surface area contributed by atoms with Crippen LogP contribution in [0.2, 0.25) is 0 Å². The lowest BCUT2D eigenvalue weighted by molar-refractivity contribution is -0.118. The van der Waals surface area contributed by atoms with Gasteiger partial charge in [0.15, 0.2) is 5.49 Å². The smallest absolute Gasteiger partial charge is 0.217 e. The van der Waals surface area contributed by atoms with E-state index in [9.17, 15) is 9.28 Å². The Morgan fingerprint density at radius 3 is 3.00 bits per heavy atom. The highest BCUT2D eigenvalue weighted by molar-refractivity contribution is 5.78. The average Bonchev–Trinajstić information content (AvgIpc) is 2.47. The number of nitrogens with zero attached hydrogens (tertiary/aromatic N) is 4. The Morgan fingerprint density at radius 2 is 2.33 bits per heavy atom. The molecule has 0 saturated heterocycles. The van der Waals surface area contributed by atoms with E-state index < -0.39 is 0 Å². The number of carbonyl (C=O) groups excluding carboxylic acids is 1. The molecule has 21 heavy (non-hydrogen) atoms. The van der Waals surface area contributed by atoms with Crippen LogP contribution in [0.15, 0.2) is 17.5 Å². The molecular formula is C14H14FN5O. The number of pyridine rings is 1. The van der Waals surface area contributed by atoms with Gasteiger partial charge in [-0.25, -0.2) is 9.97 Å². The number of aromatic nitrogens is 3. The van der Waals surface area contributed by atoms with Gasteiger partial charge in [-0.1, -0.05) is 15.6 Å². The molecule has 0 aliphatic carbocycles. The van der Waals surface area contributed by atoms with Crippen molar-refractivity contribution in [2.45, 2.75) is 13.8 Å². The molecule has 0 bridgehead atoms. The number of aryl methyl sites for hydroxylation is 2. The van der Waals surface area contributed by atoms with Crippen LogP contribution in [-0.2, 0) is 11.8 Å². The number of halogens is 1. The molecule has 0 aliphatic heterocycles. The number of carbonyl (C=O) groups is 1. The van der Waals surface area contributed by atoms with Crippen LogP contribution in [0.25, 0.3) is 10.9 Å². The van der Waals surface area contributed by atoms with Crippen LogP contribution in [0, 0.1) is 18.8 Å². The van der Waals surface area contributed by atoms with Gasteiger partial charge in [0, 0.05) is 14.0 Å². The summed E-state index contributed by atoms with van der Waals surface area (Å²) in [6, 6.07) is 1.63. The van der Waals surface area contributed by atoms with Gasteiger partial charge in [-0.3, -0.25) is 4.79 Å². The third-order valence-electron chi connectivity index (χ3n) is 2.96. The van der Waals surface area contributed by atoms with E-state index in [1.807, 2.05) is 7.05 Å². The van der Waals surface area contributed by atoms with Crippen LogP contribution in [0.4, 0.5) is 4.48 Å². The fourth-order valence-electron chi connectivity index (χ4n) is 1.79. The van der Waals surface area contributed by atoms with E-state index in [1.165, 1.54) is 6.92 Å². The number of hydrogen-bond acceptors (Lipinski definition) is 4. The minimum atomic E-state index is -0.152. The third-order valence-corrected chi connectivity index (χ3v) is 2.96. The maximum absolute atomic E-state index is 12.7. The van der Waals surface area contributed by atoms with Crippen molar-refractivity contribution in [3.8, 4) is 11.8 Å². The molecule has 2 heterocycles. The van der Waals surface area contributed by atoms with E-state index in [0.29, 0.717) is 22.4 Å². The first kappa shape index (κ1) is 14.7. The first-order valence-corrected chi connectivity index (χ1v) is 6.24. The summed E-state index contributed by atoms with van der Waals surface area (Å²) in [4.78, 5) is 19.0. The number of nitrogens with one attached hydrogen (secondary N) is 1. The second kappa shape index (κ2) is 6.13. The largest absolute Gasteiger partial charge is 0.345 e. The van der Waals surface area contributed by atoms with E-state index in [0.717, 1.165) is 0 Å². The third kappa shape index (κ3) is 3.23. The van der Waals surface area contributed by atoms with Gasteiger partial charge in [-0.2, -0.15) is 0 Å². The Balaban J connectivity index is 2.47. The first-order chi connectivity index (χ1) is 10.0. The Morgan fingerprint density at radius 1 is 1.57 bits per heavy atom.